The molecule has 0 saturated heterocycles. The Hall–Kier alpha value is -2.05. The fourth-order valence-electron chi connectivity index (χ4n) is 2.77. The van der Waals surface area contributed by atoms with E-state index in [1.165, 1.54) is 17.8 Å². The lowest BCUT2D eigenvalue weighted by molar-refractivity contribution is -0.137. The van der Waals surface area contributed by atoms with E-state index in [1.54, 1.807) is 31.0 Å². The Kier molecular flexibility index (Phi) is 8.80. The molecule has 0 fully saturated rings. The molecule has 7 heteroatoms. The normalized spacial score (nSPS) is 11.7. The van der Waals surface area contributed by atoms with Crippen LogP contribution < -0.4 is 5.32 Å². The van der Waals surface area contributed by atoms with Crippen molar-refractivity contribution in [1.82, 2.24) is 10.2 Å². The number of rotatable bonds is 9. The Morgan fingerprint density at radius 2 is 1.89 bits per heavy atom. The maximum Gasteiger partial charge on any atom is 0.242 e. The number of carbonyl (C=O) groups is 2. The molecule has 1 atom stereocenters. The first kappa shape index (κ1) is 22.2. The van der Waals surface area contributed by atoms with Crippen LogP contribution in [0.2, 0.25) is 5.02 Å². The summed E-state index contributed by atoms with van der Waals surface area (Å²) in [6.45, 7) is 2.14. The van der Waals surface area contributed by atoms with Gasteiger partial charge in [-0.3, -0.25) is 9.59 Å². The third-order valence-electron chi connectivity index (χ3n) is 4.43. The maximum atomic E-state index is 13.9. The van der Waals surface area contributed by atoms with Crippen LogP contribution in [-0.4, -0.2) is 42.1 Å². The fourth-order valence-corrected chi connectivity index (χ4v) is 4.02. The zero-order valence-corrected chi connectivity index (χ0v) is 17.5. The van der Waals surface area contributed by atoms with Gasteiger partial charge in [0.1, 0.15) is 11.9 Å². The van der Waals surface area contributed by atoms with Crippen molar-refractivity contribution >= 4 is 35.2 Å². The molecule has 0 heterocycles. The number of nitrogens with one attached hydrogen (secondary N) is 1. The quantitative estimate of drug-likeness (QED) is 0.666. The molecule has 0 aliphatic heterocycles. The molecule has 28 heavy (non-hydrogen) atoms. The molecule has 1 N–H and O–H groups in total. The first-order valence-electron chi connectivity index (χ1n) is 8.99. The predicted molar refractivity (Wildman–Crippen MR) is 113 cm³/mol. The number of benzene rings is 2. The topological polar surface area (TPSA) is 49.4 Å². The number of thioether (sulfide) groups is 1. The molecule has 0 radical (unpaired) electrons. The van der Waals surface area contributed by atoms with Gasteiger partial charge in [0.2, 0.25) is 11.8 Å². The Morgan fingerprint density at radius 3 is 2.54 bits per heavy atom. The average Bonchev–Trinajstić information content (AvgIpc) is 2.70. The molecule has 0 bridgehead atoms. The lowest BCUT2D eigenvalue weighted by Crippen LogP contribution is -2.48. The van der Waals surface area contributed by atoms with Crippen LogP contribution in [0.25, 0.3) is 0 Å². The molecular weight excluding hydrogens is 399 g/mol. The standard InChI is InChI=1S/C21H24ClFN2O2S/c1-15(21(27)24-2)25(12-11-16-7-4-3-5-8-16)20(26)14-28-13-17-18(22)9-6-10-19(17)23/h3-10,15H,11-14H2,1-2H3,(H,24,27)/t15-/m0/s1. The van der Waals surface area contributed by atoms with E-state index in [9.17, 15) is 14.0 Å². The highest BCUT2D eigenvalue weighted by Crippen LogP contribution is 2.24. The van der Waals surface area contributed by atoms with Crippen LogP contribution in [0.5, 0.6) is 0 Å². The second-order valence-corrected chi connectivity index (χ2v) is 7.70. The smallest absolute Gasteiger partial charge is 0.242 e. The fraction of sp³-hybridized carbons (Fsp3) is 0.333. The maximum absolute atomic E-state index is 13.9. The average molecular weight is 423 g/mol. The van der Waals surface area contributed by atoms with Crippen molar-refractivity contribution in [3.8, 4) is 0 Å². The van der Waals surface area contributed by atoms with Crippen LogP contribution in [0, 0.1) is 5.82 Å². The molecular formula is C21H24ClFN2O2S. The number of nitrogens with zero attached hydrogens (tertiary/aromatic N) is 1. The summed E-state index contributed by atoms with van der Waals surface area (Å²) in [4.78, 5) is 26.4. The van der Waals surface area contributed by atoms with Crippen LogP contribution >= 0.6 is 23.4 Å². The zero-order valence-electron chi connectivity index (χ0n) is 16.0. The zero-order chi connectivity index (χ0) is 20.5. The summed E-state index contributed by atoms with van der Waals surface area (Å²) < 4.78 is 13.9. The largest absolute Gasteiger partial charge is 0.357 e. The molecule has 2 amide bonds. The SMILES string of the molecule is CNC(=O)[C@H](C)N(CCc1ccccc1)C(=O)CSCc1c(F)cccc1Cl. The van der Waals surface area contributed by atoms with Crippen molar-refractivity contribution < 1.29 is 14.0 Å². The van der Waals surface area contributed by atoms with Crippen molar-refractivity contribution in [2.75, 3.05) is 19.3 Å². The Labute approximate surface area is 174 Å². The van der Waals surface area contributed by atoms with E-state index in [2.05, 4.69) is 5.32 Å². The summed E-state index contributed by atoms with van der Waals surface area (Å²) in [7, 11) is 1.55. The van der Waals surface area contributed by atoms with Gasteiger partial charge in [-0.25, -0.2) is 4.39 Å². The van der Waals surface area contributed by atoms with E-state index in [4.69, 9.17) is 11.6 Å². The van der Waals surface area contributed by atoms with Gasteiger partial charge in [0.15, 0.2) is 0 Å². The number of hydrogen-bond donors (Lipinski definition) is 1. The van der Waals surface area contributed by atoms with Crippen molar-refractivity contribution in [2.24, 2.45) is 0 Å². The minimum Gasteiger partial charge on any atom is -0.357 e. The summed E-state index contributed by atoms with van der Waals surface area (Å²) in [5.41, 5.74) is 1.48. The number of hydrogen-bond acceptors (Lipinski definition) is 3. The van der Waals surface area contributed by atoms with Gasteiger partial charge >= 0.3 is 0 Å². The van der Waals surface area contributed by atoms with E-state index < -0.39 is 6.04 Å². The lowest BCUT2D eigenvalue weighted by Gasteiger charge is -2.28. The van der Waals surface area contributed by atoms with Crippen molar-refractivity contribution in [3.05, 3.63) is 70.5 Å². The minimum absolute atomic E-state index is 0.140. The van der Waals surface area contributed by atoms with Gasteiger partial charge in [0, 0.05) is 29.9 Å². The molecule has 0 unspecified atom stereocenters. The number of amides is 2. The molecule has 0 aromatic heterocycles. The van der Waals surface area contributed by atoms with Gasteiger partial charge in [-0.05, 0) is 31.0 Å². The molecule has 0 spiro atoms. The van der Waals surface area contributed by atoms with Gasteiger partial charge < -0.3 is 10.2 Å². The van der Waals surface area contributed by atoms with Gasteiger partial charge in [-0.15, -0.1) is 11.8 Å². The Bertz CT molecular complexity index is 784. The van der Waals surface area contributed by atoms with Gasteiger partial charge in [0.25, 0.3) is 0 Å². The molecule has 0 saturated carbocycles. The first-order chi connectivity index (χ1) is 13.4. The molecule has 2 aromatic carbocycles. The van der Waals surface area contributed by atoms with Gasteiger partial charge in [0.05, 0.1) is 5.75 Å². The summed E-state index contributed by atoms with van der Waals surface area (Å²) in [5.74, 6) is -0.334. The third-order valence-corrected chi connectivity index (χ3v) is 5.73. The number of halogens is 2. The van der Waals surface area contributed by atoms with E-state index in [0.717, 1.165) is 5.56 Å². The Balaban J connectivity index is 2.00. The van der Waals surface area contributed by atoms with Crippen LogP contribution in [0.3, 0.4) is 0 Å². The third kappa shape index (κ3) is 6.24. The first-order valence-corrected chi connectivity index (χ1v) is 10.5. The number of likely N-dealkylation sites (N-methyl/N-ethyl adjacent to an activating group) is 1. The van der Waals surface area contributed by atoms with Crippen molar-refractivity contribution in [3.63, 3.8) is 0 Å². The monoisotopic (exact) mass is 422 g/mol. The summed E-state index contributed by atoms with van der Waals surface area (Å²) in [6.07, 6.45) is 0.651. The molecule has 2 aromatic rings. The van der Waals surface area contributed by atoms with Crippen LogP contribution in [0.1, 0.15) is 18.1 Å². The summed E-state index contributed by atoms with van der Waals surface area (Å²) in [5, 5.41) is 2.94. The summed E-state index contributed by atoms with van der Waals surface area (Å²) in [6, 6.07) is 13.7. The van der Waals surface area contributed by atoms with Crippen molar-refractivity contribution in [2.45, 2.75) is 25.1 Å². The van der Waals surface area contributed by atoms with Gasteiger partial charge in [-0.1, -0.05) is 48.0 Å². The second-order valence-electron chi connectivity index (χ2n) is 6.31. The molecule has 2 rings (SSSR count). The van der Waals surface area contributed by atoms with Crippen LogP contribution in [-0.2, 0) is 21.8 Å². The molecule has 4 nitrogen and oxygen atoms in total. The minimum atomic E-state index is -0.584. The highest BCUT2D eigenvalue weighted by Gasteiger charge is 2.25. The molecule has 150 valence electrons. The lowest BCUT2D eigenvalue weighted by atomic mass is 10.1. The van der Waals surface area contributed by atoms with E-state index >= 15 is 0 Å². The highest BCUT2D eigenvalue weighted by atomic mass is 35.5. The molecule has 0 aliphatic carbocycles. The van der Waals surface area contributed by atoms with E-state index in [1.807, 2.05) is 30.3 Å². The van der Waals surface area contributed by atoms with E-state index in [-0.39, 0.29) is 29.1 Å². The van der Waals surface area contributed by atoms with Crippen LogP contribution in [0.15, 0.2) is 48.5 Å². The van der Waals surface area contributed by atoms with Crippen molar-refractivity contribution in [1.29, 1.82) is 0 Å². The second kappa shape index (κ2) is 11.1. The van der Waals surface area contributed by atoms with Gasteiger partial charge in [-0.2, -0.15) is 0 Å². The molecule has 0 aliphatic rings. The van der Waals surface area contributed by atoms with E-state index in [0.29, 0.717) is 23.6 Å². The highest BCUT2D eigenvalue weighted by molar-refractivity contribution is 7.99. The Morgan fingerprint density at radius 1 is 1.18 bits per heavy atom. The number of carbonyl (C=O) groups excluding carboxylic acids is 2. The van der Waals surface area contributed by atoms with Crippen LogP contribution in [0.4, 0.5) is 4.39 Å². The summed E-state index contributed by atoms with van der Waals surface area (Å²) >= 11 is 7.32. The predicted octanol–water partition coefficient (Wildman–Crippen LogP) is 3.92.